The minimum atomic E-state index is -0.793. The zero-order chi connectivity index (χ0) is 16.4. The number of carbonyl (C=O) groups is 2. The summed E-state index contributed by atoms with van der Waals surface area (Å²) in [7, 11) is 1.24. The lowest BCUT2D eigenvalue weighted by Gasteiger charge is -2.12. The number of ether oxygens (including phenoxy) is 3. The lowest BCUT2D eigenvalue weighted by Crippen LogP contribution is -2.21. The second-order valence-electron chi connectivity index (χ2n) is 5.61. The van der Waals surface area contributed by atoms with Gasteiger partial charge in [-0.15, -0.1) is 0 Å². The van der Waals surface area contributed by atoms with Gasteiger partial charge in [0.2, 0.25) is 0 Å². The van der Waals surface area contributed by atoms with E-state index in [0.717, 1.165) is 11.1 Å². The number of carbonyl (C=O) groups excluding carboxylic acids is 2. The Morgan fingerprint density at radius 2 is 2.05 bits per heavy atom. The third-order valence-electron chi connectivity index (χ3n) is 3.68. The molecule has 2 rings (SSSR count). The van der Waals surface area contributed by atoms with Crippen LogP contribution in [0.2, 0.25) is 0 Å². The first-order chi connectivity index (χ1) is 10.3. The maximum absolute atomic E-state index is 12.5. The van der Waals surface area contributed by atoms with Gasteiger partial charge in [-0.05, 0) is 36.1 Å². The summed E-state index contributed by atoms with van der Waals surface area (Å²) in [6.07, 6.45) is -1.13. The summed E-state index contributed by atoms with van der Waals surface area (Å²) in [6.45, 7) is 9.58. The topological polar surface area (TPSA) is 61.8 Å². The standard InChI is InChI=1S/C17H20O5/c1-9(2)11(4)16(18)13-7-12-8-15(22-17(19)20-5)21-14(12)6-10(13)3/h6-7,9,15H,4,8H2,1-3,5H3. The van der Waals surface area contributed by atoms with Gasteiger partial charge in [-0.25, -0.2) is 4.79 Å². The monoisotopic (exact) mass is 304 g/mol. The van der Waals surface area contributed by atoms with Gasteiger partial charge in [0.25, 0.3) is 6.29 Å². The third-order valence-corrected chi connectivity index (χ3v) is 3.68. The van der Waals surface area contributed by atoms with E-state index in [2.05, 4.69) is 11.3 Å². The van der Waals surface area contributed by atoms with Gasteiger partial charge in [0.1, 0.15) is 5.75 Å². The number of fused-ring (bicyclic) bond motifs is 1. The molecule has 0 saturated heterocycles. The predicted octanol–water partition coefficient (Wildman–Crippen LogP) is 3.43. The average molecular weight is 304 g/mol. The molecule has 1 aliphatic rings. The second-order valence-corrected chi connectivity index (χ2v) is 5.61. The fraction of sp³-hybridized carbons (Fsp3) is 0.412. The lowest BCUT2D eigenvalue weighted by atomic mass is 9.92. The molecule has 0 amide bonds. The predicted molar refractivity (Wildman–Crippen MR) is 81.1 cm³/mol. The van der Waals surface area contributed by atoms with E-state index in [1.807, 2.05) is 20.8 Å². The molecule has 1 atom stereocenters. The van der Waals surface area contributed by atoms with Crippen LogP contribution >= 0.6 is 0 Å². The highest BCUT2D eigenvalue weighted by Crippen LogP contribution is 2.33. The van der Waals surface area contributed by atoms with E-state index >= 15 is 0 Å². The van der Waals surface area contributed by atoms with Gasteiger partial charge in [-0.2, -0.15) is 0 Å². The minimum Gasteiger partial charge on any atom is -0.454 e. The normalized spacial score (nSPS) is 16.0. The maximum atomic E-state index is 12.5. The molecule has 1 heterocycles. The van der Waals surface area contributed by atoms with Gasteiger partial charge in [0, 0.05) is 11.1 Å². The van der Waals surface area contributed by atoms with Crippen LogP contribution in [0.1, 0.15) is 35.3 Å². The molecular weight excluding hydrogens is 284 g/mol. The van der Waals surface area contributed by atoms with E-state index in [9.17, 15) is 9.59 Å². The Hall–Kier alpha value is -2.30. The Bertz CT molecular complexity index is 630. The number of Topliss-reactive ketones (excluding diaryl/α,β-unsaturated/α-hetero) is 1. The van der Waals surface area contributed by atoms with E-state index in [4.69, 9.17) is 9.47 Å². The molecule has 1 aromatic rings. The molecule has 5 heteroatoms. The third kappa shape index (κ3) is 3.13. The molecule has 1 aliphatic heterocycles. The maximum Gasteiger partial charge on any atom is 0.511 e. The Morgan fingerprint density at radius 3 is 2.64 bits per heavy atom. The van der Waals surface area contributed by atoms with Crippen molar-refractivity contribution >= 4 is 11.9 Å². The molecule has 1 unspecified atom stereocenters. The Morgan fingerprint density at radius 1 is 1.36 bits per heavy atom. The van der Waals surface area contributed by atoms with Gasteiger partial charge in [-0.1, -0.05) is 20.4 Å². The van der Waals surface area contributed by atoms with Crippen LogP contribution in [0, 0.1) is 12.8 Å². The molecule has 0 fully saturated rings. The van der Waals surface area contributed by atoms with Crippen LogP contribution in [0.4, 0.5) is 4.79 Å². The number of hydrogen-bond acceptors (Lipinski definition) is 5. The first-order valence-corrected chi connectivity index (χ1v) is 7.11. The highest BCUT2D eigenvalue weighted by molar-refractivity contribution is 6.09. The SMILES string of the molecule is C=C(C(=O)c1cc2c(cc1C)OC(OC(=O)OC)C2)C(C)C. The molecule has 22 heavy (non-hydrogen) atoms. The first kappa shape index (κ1) is 16.1. The summed E-state index contributed by atoms with van der Waals surface area (Å²) in [5.41, 5.74) is 2.83. The van der Waals surface area contributed by atoms with Crippen molar-refractivity contribution in [2.75, 3.05) is 7.11 Å². The Labute approximate surface area is 129 Å². The van der Waals surface area contributed by atoms with E-state index in [-0.39, 0.29) is 11.7 Å². The second kappa shape index (κ2) is 6.22. The molecular formula is C17H20O5. The summed E-state index contributed by atoms with van der Waals surface area (Å²) < 4.78 is 15.0. The number of allylic oxidation sites excluding steroid dienone is 1. The highest BCUT2D eigenvalue weighted by atomic mass is 16.8. The van der Waals surface area contributed by atoms with Crippen LogP contribution in [0.5, 0.6) is 5.75 Å². The van der Waals surface area contributed by atoms with E-state index in [1.54, 1.807) is 12.1 Å². The molecule has 0 radical (unpaired) electrons. The molecule has 0 N–H and O–H groups in total. The lowest BCUT2D eigenvalue weighted by molar-refractivity contribution is -0.0461. The molecule has 1 aromatic carbocycles. The zero-order valence-electron chi connectivity index (χ0n) is 13.3. The summed E-state index contributed by atoms with van der Waals surface area (Å²) in [6, 6.07) is 3.58. The zero-order valence-corrected chi connectivity index (χ0v) is 13.3. The summed E-state index contributed by atoms with van der Waals surface area (Å²) in [5.74, 6) is 0.651. The van der Waals surface area contributed by atoms with Gasteiger partial charge in [0.15, 0.2) is 5.78 Å². The van der Waals surface area contributed by atoms with Crippen molar-refractivity contribution in [3.8, 4) is 5.75 Å². The number of ketones is 1. The Balaban J connectivity index is 2.23. The van der Waals surface area contributed by atoms with Crippen molar-refractivity contribution in [1.82, 2.24) is 0 Å². The van der Waals surface area contributed by atoms with Crippen molar-refractivity contribution in [2.45, 2.75) is 33.5 Å². The van der Waals surface area contributed by atoms with Gasteiger partial charge in [0.05, 0.1) is 13.5 Å². The molecule has 0 saturated carbocycles. The number of methoxy groups -OCH3 is 1. The van der Waals surface area contributed by atoms with Crippen molar-refractivity contribution in [2.24, 2.45) is 5.92 Å². The fourth-order valence-corrected chi connectivity index (χ4v) is 2.26. The molecule has 118 valence electrons. The van der Waals surface area contributed by atoms with Crippen LogP contribution in [-0.2, 0) is 15.9 Å². The van der Waals surface area contributed by atoms with E-state index < -0.39 is 12.4 Å². The Kier molecular flexibility index (Phi) is 4.54. The molecule has 0 spiro atoms. The number of aryl methyl sites for hydroxylation is 1. The van der Waals surface area contributed by atoms with Crippen molar-refractivity contribution in [3.63, 3.8) is 0 Å². The smallest absolute Gasteiger partial charge is 0.454 e. The van der Waals surface area contributed by atoms with Crippen LogP contribution in [0.25, 0.3) is 0 Å². The molecule has 0 aromatic heterocycles. The molecule has 0 bridgehead atoms. The van der Waals surface area contributed by atoms with Crippen molar-refractivity contribution in [1.29, 1.82) is 0 Å². The highest BCUT2D eigenvalue weighted by Gasteiger charge is 2.28. The van der Waals surface area contributed by atoms with E-state index in [0.29, 0.717) is 23.3 Å². The minimum absolute atomic E-state index is 0.0624. The van der Waals surface area contributed by atoms with Crippen LogP contribution in [-0.4, -0.2) is 25.3 Å². The van der Waals surface area contributed by atoms with Gasteiger partial charge < -0.3 is 14.2 Å². The number of rotatable bonds is 4. The summed E-state index contributed by atoms with van der Waals surface area (Å²) in [4.78, 5) is 23.6. The summed E-state index contributed by atoms with van der Waals surface area (Å²) >= 11 is 0. The summed E-state index contributed by atoms with van der Waals surface area (Å²) in [5, 5.41) is 0. The van der Waals surface area contributed by atoms with Crippen molar-refractivity contribution < 1.29 is 23.8 Å². The number of benzene rings is 1. The van der Waals surface area contributed by atoms with Gasteiger partial charge in [-0.3, -0.25) is 4.79 Å². The van der Waals surface area contributed by atoms with Crippen LogP contribution in [0.15, 0.2) is 24.3 Å². The van der Waals surface area contributed by atoms with Crippen molar-refractivity contribution in [3.05, 3.63) is 41.0 Å². The number of hydrogen-bond donors (Lipinski definition) is 0. The average Bonchev–Trinajstić information content (AvgIpc) is 2.85. The van der Waals surface area contributed by atoms with Gasteiger partial charge >= 0.3 is 6.16 Å². The molecule has 0 aliphatic carbocycles. The molecule has 5 nitrogen and oxygen atoms in total. The van der Waals surface area contributed by atoms with Crippen LogP contribution in [0.3, 0.4) is 0 Å². The first-order valence-electron chi connectivity index (χ1n) is 7.11. The van der Waals surface area contributed by atoms with E-state index in [1.165, 1.54) is 7.11 Å². The quantitative estimate of drug-likeness (QED) is 0.484. The fourth-order valence-electron chi connectivity index (χ4n) is 2.26. The van der Waals surface area contributed by atoms with Crippen LogP contribution < -0.4 is 4.74 Å². The largest absolute Gasteiger partial charge is 0.511 e.